The van der Waals surface area contributed by atoms with E-state index in [4.69, 9.17) is 0 Å². The Balaban J connectivity index is 1.61. The fraction of sp³-hybridized carbons (Fsp3) is 1.00. The van der Waals surface area contributed by atoms with E-state index < -0.39 is 0 Å². The van der Waals surface area contributed by atoms with E-state index in [0.717, 1.165) is 18.0 Å². The number of thioether (sulfide) groups is 1. The third-order valence-corrected chi connectivity index (χ3v) is 4.90. The summed E-state index contributed by atoms with van der Waals surface area (Å²) in [6, 6.07) is 1.65. The lowest BCUT2D eigenvalue weighted by molar-refractivity contribution is 0.267. The number of likely N-dealkylation sites (tertiary alicyclic amines) is 1. The van der Waals surface area contributed by atoms with Crippen molar-refractivity contribution in [2.24, 2.45) is 5.92 Å². The number of nitrogens with one attached hydrogen (secondary N) is 1. The highest BCUT2D eigenvalue weighted by Gasteiger charge is 2.28. The minimum Gasteiger partial charge on any atom is -0.314 e. The van der Waals surface area contributed by atoms with Crippen LogP contribution in [0.2, 0.25) is 0 Å². The van der Waals surface area contributed by atoms with Crippen molar-refractivity contribution < 1.29 is 0 Å². The molecule has 1 saturated carbocycles. The van der Waals surface area contributed by atoms with Gasteiger partial charge in [0.05, 0.1) is 0 Å². The van der Waals surface area contributed by atoms with E-state index in [2.05, 4.69) is 35.8 Å². The Morgan fingerprint density at radius 3 is 2.88 bits per heavy atom. The van der Waals surface area contributed by atoms with Gasteiger partial charge in [-0.15, -0.1) is 0 Å². The first kappa shape index (κ1) is 12.7. The average molecular weight is 242 g/mol. The molecule has 0 bridgehead atoms. The van der Waals surface area contributed by atoms with Gasteiger partial charge in [-0.05, 0) is 50.9 Å². The van der Waals surface area contributed by atoms with Crippen LogP contribution in [0.3, 0.4) is 0 Å². The van der Waals surface area contributed by atoms with E-state index in [1.807, 2.05) is 0 Å². The van der Waals surface area contributed by atoms with Crippen molar-refractivity contribution in [2.75, 3.05) is 31.1 Å². The second-order valence-electron chi connectivity index (χ2n) is 5.34. The van der Waals surface area contributed by atoms with Crippen LogP contribution in [0.5, 0.6) is 0 Å². The van der Waals surface area contributed by atoms with Gasteiger partial charge in [-0.1, -0.05) is 6.92 Å². The maximum atomic E-state index is 3.67. The topological polar surface area (TPSA) is 15.3 Å². The second kappa shape index (κ2) is 6.27. The highest BCUT2D eigenvalue weighted by molar-refractivity contribution is 7.99. The monoisotopic (exact) mass is 242 g/mol. The van der Waals surface area contributed by atoms with Crippen molar-refractivity contribution in [2.45, 2.75) is 45.2 Å². The summed E-state index contributed by atoms with van der Waals surface area (Å²) in [5, 5.41) is 3.67. The van der Waals surface area contributed by atoms with Crippen molar-refractivity contribution in [1.29, 1.82) is 0 Å². The highest BCUT2D eigenvalue weighted by Crippen LogP contribution is 2.23. The minimum absolute atomic E-state index is 0.774. The van der Waals surface area contributed by atoms with Gasteiger partial charge in [0.1, 0.15) is 0 Å². The lowest BCUT2D eigenvalue weighted by Crippen LogP contribution is -2.34. The Morgan fingerprint density at radius 2 is 2.19 bits per heavy atom. The molecule has 0 aromatic heterocycles. The lowest BCUT2D eigenvalue weighted by atomic mass is 10.1. The van der Waals surface area contributed by atoms with Crippen LogP contribution in [0, 0.1) is 5.92 Å². The Kier molecular flexibility index (Phi) is 4.98. The van der Waals surface area contributed by atoms with E-state index in [9.17, 15) is 0 Å². The number of hydrogen-bond acceptors (Lipinski definition) is 3. The third-order valence-electron chi connectivity index (χ3n) is 3.78. The third kappa shape index (κ3) is 3.94. The van der Waals surface area contributed by atoms with Gasteiger partial charge >= 0.3 is 0 Å². The predicted molar refractivity (Wildman–Crippen MR) is 73.2 cm³/mol. The molecule has 2 nitrogen and oxygen atoms in total. The molecule has 1 aliphatic heterocycles. The zero-order valence-corrected chi connectivity index (χ0v) is 11.6. The van der Waals surface area contributed by atoms with Crippen LogP contribution in [0.4, 0.5) is 0 Å². The molecule has 1 N–H and O–H groups in total. The molecule has 94 valence electrons. The van der Waals surface area contributed by atoms with Gasteiger partial charge in [0, 0.05) is 24.4 Å². The summed E-state index contributed by atoms with van der Waals surface area (Å²) >= 11 is 2.08. The first-order valence-corrected chi connectivity index (χ1v) is 8.00. The zero-order valence-electron chi connectivity index (χ0n) is 10.7. The normalized spacial score (nSPS) is 28.5. The maximum absolute atomic E-state index is 3.67. The maximum Gasteiger partial charge on any atom is 0.0158 e. The molecule has 1 saturated heterocycles. The van der Waals surface area contributed by atoms with E-state index >= 15 is 0 Å². The van der Waals surface area contributed by atoms with Gasteiger partial charge in [0.25, 0.3) is 0 Å². The van der Waals surface area contributed by atoms with Gasteiger partial charge in [0.15, 0.2) is 0 Å². The van der Waals surface area contributed by atoms with Crippen LogP contribution in [0.25, 0.3) is 0 Å². The molecule has 0 amide bonds. The molecule has 2 rings (SSSR count). The Hall–Kier alpha value is 0.270. The molecule has 0 aromatic rings. The summed E-state index contributed by atoms with van der Waals surface area (Å²) in [6.45, 7) is 8.55. The quantitative estimate of drug-likeness (QED) is 0.737. The molecule has 16 heavy (non-hydrogen) atoms. The molecular weight excluding hydrogens is 216 g/mol. The van der Waals surface area contributed by atoms with Crippen LogP contribution in [0.15, 0.2) is 0 Å². The van der Waals surface area contributed by atoms with Gasteiger partial charge in [-0.2, -0.15) is 11.8 Å². The fourth-order valence-corrected chi connectivity index (χ4v) is 3.23. The molecule has 2 fully saturated rings. The Bertz CT molecular complexity index is 206. The van der Waals surface area contributed by atoms with Gasteiger partial charge in [0.2, 0.25) is 0 Å². The number of rotatable bonds is 7. The van der Waals surface area contributed by atoms with E-state index in [0.29, 0.717) is 0 Å². The average Bonchev–Trinajstić information content (AvgIpc) is 3.00. The van der Waals surface area contributed by atoms with E-state index in [-0.39, 0.29) is 0 Å². The molecule has 0 radical (unpaired) electrons. The number of nitrogens with zero attached hydrogens (tertiary/aromatic N) is 1. The Morgan fingerprint density at radius 1 is 1.38 bits per heavy atom. The van der Waals surface area contributed by atoms with Crippen molar-refractivity contribution in [3.05, 3.63) is 0 Å². The zero-order chi connectivity index (χ0) is 11.4. The highest BCUT2D eigenvalue weighted by atomic mass is 32.2. The molecule has 2 aliphatic rings. The van der Waals surface area contributed by atoms with Crippen molar-refractivity contribution >= 4 is 11.8 Å². The van der Waals surface area contributed by atoms with E-state index in [1.54, 1.807) is 0 Å². The lowest BCUT2D eigenvalue weighted by Gasteiger charge is -2.24. The van der Waals surface area contributed by atoms with Crippen LogP contribution in [0.1, 0.15) is 33.1 Å². The van der Waals surface area contributed by atoms with Gasteiger partial charge in [-0.25, -0.2) is 0 Å². The molecule has 3 heteroatoms. The van der Waals surface area contributed by atoms with Crippen molar-refractivity contribution in [3.8, 4) is 0 Å². The molecule has 2 atom stereocenters. The first-order chi connectivity index (χ1) is 7.79. The molecule has 0 aromatic carbocycles. The first-order valence-electron chi connectivity index (χ1n) is 6.84. The second-order valence-corrected chi connectivity index (χ2v) is 6.66. The molecular formula is C13H26N2S. The van der Waals surface area contributed by atoms with Gasteiger partial charge < -0.3 is 5.32 Å². The summed E-state index contributed by atoms with van der Waals surface area (Å²) < 4.78 is 0. The van der Waals surface area contributed by atoms with Crippen LogP contribution >= 0.6 is 11.8 Å². The van der Waals surface area contributed by atoms with E-state index in [1.165, 1.54) is 50.4 Å². The fourth-order valence-electron chi connectivity index (χ4n) is 2.44. The molecule has 1 aliphatic carbocycles. The summed E-state index contributed by atoms with van der Waals surface area (Å²) in [7, 11) is 0. The predicted octanol–water partition coefficient (Wildman–Crippen LogP) is 2.20. The van der Waals surface area contributed by atoms with Crippen LogP contribution < -0.4 is 5.32 Å². The number of hydrogen-bond donors (Lipinski definition) is 1. The standard InChI is InChI=1S/C13H26N2S/c1-3-16-10-11(2)15-7-6-12(9-15)8-14-13-4-5-13/h11-14H,3-10H2,1-2H3. The molecule has 2 unspecified atom stereocenters. The van der Waals surface area contributed by atoms with Crippen LogP contribution in [-0.4, -0.2) is 48.1 Å². The van der Waals surface area contributed by atoms with Crippen molar-refractivity contribution in [3.63, 3.8) is 0 Å². The largest absolute Gasteiger partial charge is 0.314 e. The summed E-state index contributed by atoms with van der Waals surface area (Å²) in [5.74, 6) is 3.47. The smallest absolute Gasteiger partial charge is 0.0158 e. The summed E-state index contributed by atoms with van der Waals surface area (Å²) in [4.78, 5) is 2.68. The molecule has 0 spiro atoms. The minimum atomic E-state index is 0.774. The SMILES string of the molecule is CCSCC(C)N1CCC(CNC2CC2)C1. The van der Waals surface area contributed by atoms with Crippen molar-refractivity contribution in [1.82, 2.24) is 10.2 Å². The summed E-state index contributed by atoms with van der Waals surface area (Å²) in [5.41, 5.74) is 0. The summed E-state index contributed by atoms with van der Waals surface area (Å²) in [6.07, 6.45) is 4.24. The van der Waals surface area contributed by atoms with Gasteiger partial charge in [-0.3, -0.25) is 4.90 Å². The Labute approximate surface area is 105 Å². The van der Waals surface area contributed by atoms with Crippen LogP contribution in [-0.2, 0) is 0 Å². The molecule has 1 heterocycles.